The molecule has 0 radical (unpaired) electrons. The van der Waals surface area contributed by atoms with E-state index in [1.807, 2.05) is 0 Å². The number of phenols is 1. The first-order chi connectivity index (χ1) is 8.23. The maximum absolute atomic E-state index is 13.2. The van der Waals surface area contributed by atoms with Crippen molar-refractivity contribution in [3.05, 3.63) is 29.3 Å². The average molecular weight is 259 g/mol. The molecule has 0 aromatic heterocycles. The van der Waals surface area contributed by atoms with E-state index in [2.05, 4.69) is 4.74 Å². The molecule has 6 heteroatoms. The van der Waals surface area contributed by atoms with Crippen LogP contribution in [0.5, 0.6) is 5.75 Å². The first-order valence-electron chi connectivity index (χ1n) is 5.24. The number of phenolic OH excluding ortho intramolecular Hbond substituents is 1. The second-order valence-corrected chi connectivity index (χ2v) is 4.49. The van der Waals surface area contributed by atoms with E-state index in [0.29, 0.717) is 0 Å². The van der Waals surface area contributed by atoms with Gasteiger partial charge in [0.1, 0.15) is 0 Å². The van der Waals surface area contributed by atoms with Gasteiger partial charge in [-0.25, -0.2) is 4.39 Å². The second kappa shape index (κ2) is 4.89. The molecule has 0 saturated heterocycles. The molecule has 1 atom stereocenters. The summed E-state index contributed by atoms with van der Waals surface area (Å²) < 4.78 is 30.7. The van der Waals surface area contributed by atoms with Crippen LogP contribution >= 0.6 is 0 Å². The Bertz CT molecular complexity index is 475. The molecule has 18 heavy (non-hydrogen) atoms. The molecule has 100 valence electrons. The van der Waals surface area contributed by atoms with Crippen molar-refractivity contribution >= 4 is 5.97 Å². The number of rotatable bonds is 3. The smallest absolute Gasteiger partial charge is 0.313 e. The summed E-state index contributed by atoms with van der Waals surface area (Å²) in [6, 6.07) is 0.959. The zero-order valence-corrected chi connectivity index (χ0v) is 10.3. The van der Waals surface area contributed by atoms with Gasteiger partial charge in [0, 0.05) is 11.6 Å². The number of hydrogen-bond acceptors (Lipinski definition) is 4. The van der Waals surface area contributed by atoms with Gasteiger partial charge in [-0.2, -0.15) is 4.39 Å². The van der Waals surface area contributed by atoms with Gasteiger partial charge in [0.25, 0.3) is 0 Å². The fraction of sp³-hybridized carbons (Fsp3) is 0.417. The average Bonchev–Trinajstić information content (AvgIpc) is 2.34. The number of methoxy groups -OCH3 is 1. The zero-order chi connectivity index (χ0) is 14.1. The third-order valence-corrected chi connectivity index (χ3v) is 2.92. The van der Waals surface area contributed by atoms with Crippen molar-refractivity contribution in [2.75, 3.05) is 7.11 Å². The van der Waals surface area contributed by atoms with Crippen molar-refractivity contribution in [1.82, 2.24) is 0 Å². The molecule has 0 unspecified atom stereocenters. The number of hydrogen-bond donors (Lipinski definition) is 2. The van der Waals surface area contributed by atoms with E-state index >= 15 is 0 Å². The molecule has 1 aromatic carbocycles. The van der Waals surface area contributed by atoms with Gasteiger partial charge in [0.15, 0.2) is 11.6 Å². The molecule has 0 aliphatic heterocycles. The molecule has 3 N–H and O–H groups in total. The minimum absolute atomic E-state index is 0.0516. The number of carbonyl (C=O) groups is 1. The first-order valence-corrected chi connectivity index (χ1v) is 5.24. The van der Waals surface area contributed by atoms with Crippen LogP contribution in [-0.4, -0.2) is 18.2 Å². The van der Waals surface area contributed by atoms with Crippen LogP contribution < -0.4 is 5.73 Å². The summed E-state index contributed by atoms with van der Waals surface area (Å²) in [4.78, 5) is 11.6. The van der Waals surface area contributed by atoms with Crippen LogP contribution in [0, 0.1) is 17.0 Å². The van der Waals surface area contributed by atoms with Gasteiger partial charge in [-0.15, -0.1) is 0 Å². The summed E-state index contributed by atoms with van der Waals surface area (Å²) in [7, 11) is 1.20. The Kier molecular flexibility index (Phi) is 3.91. The normalized spacial score (nSPS) is 13.2. The van der Waals surface area contributed by atoms with E-state index in [0.717, 1.165) is 12.1 Å². The van der Waals surface area contributed by atoms with Crippen molar-refractivity contribution in [3.8, 4) is 5.75 Å². The van der Waals surface area contributed by atoms with Crippen LogP contribution in [0.15, 0.2) is 12.1 Å². The van der Waals surface area contributed by atoms with Crippen molar-refractivity contribution in [1.29, 1.82) is 0 Å². The van der Waals surface area contributed by atoms with Crippen LogP contribution in [-0.2, 0) is 9.53 Å². The number of nitrogens with two attached hydrogens (primary N) is 1. The molecule has 0 amide bonds. The fourth-order valence-corrected chi connectivity index (χ4v) is 1.58. The van der Waals surface area contributed by atoms with Gasteiger partial charge in [-0.05, 0) is 19.9 Å². The topological polar surface area (TPSA) is 72.5 Å². The van der Waals surface area contributed by atoms with E-state index in [9.17, 15) is 18.7 Å². The van der Waals surface area contributed by atoms with Crippen molar-refractivity contribution in [2.45, 2.75) is 19.9 Å². The molecule has 0 heterocycles. The highest BCUT2D eigenvalue weighted by atomic mass is 19.2. The van der Waals surface area contributed by atoms with Gasteiger partial charge in [-0.3, -0.25) is 4.79 Å². The van der Waals surface area contributed by atoms with Gasteiger partial charge >= 0.3 is 5.97 Å². The lowest BCUT2D eigenvalue weighted by atomic mass is 9.80. The zero-order valence-electron chi connectivity index (χ0n) is 10.3. The SMILES string of the molecule is COC(=O)C(C)(C)[C@H](N)c1ccc(F)c(F)c1O. The van der Waals surface area contributed by atoms with Crippen molar-refractivity contribution < 1.29 is 23.4 Å². The molecule has 1 rings (SSSR count). The summed E-state index contributed by atoms with van der Waals surface area (Å²) in [5.41, 5.74) is 4.58. The quantitative estimate of drug-likeness (QED) is 0.813. The van der Waals surface area contributed by atoms with Crippen molar-refractivity contribution in [3.63, 3.8) is 0 Å². The molecule has 1 aromatic rings. The number of aromatic hydroxyl groups is 1. The summed E-state index contributed by atoms with van der Waals surface area (Å²) in [5, 5.41) is 9.52. The van der Waals surface area contributed by atoms with Gasteiger partial charge < -0.3 is 15.6 Å². The highest BCUT2D eigenvalue weighted by Gasteiger charge is 2.38. The molecular weight excluding hydrogens is 244 g/mol. The predicted octanol–water partition coefficient (Wildman–Crippen LogP) is 1.87. The third kappa shape index (κ3) is 2.28. The van der Waals surface area contributed by atoms with Crippen LogP contribution in [0.2, 0.25) is 0 Å². The maximum Gasteiger partial charge on any atom is 0.313 e. The Labute approximate surface area is 103 Å². The molecule has 4 nitrogen and oxygen atoms in total. The van der Waals surface area contributed by atoms with Crippen molar-refractivity contribution in [2.24, 2.45) is 11.1 Å². The first kappa shape index (κ1) is 14.4. The lowest BCUT2D eigenvalue weighted by molar-refractivity contribution is -0.152. The van der Waals surface area contributed by atoms with E-state index < -0.39 is 34.8 Å². The lowest BCUT2D eigenvalue weighted by Crippen LogP contribution is -2.37. The summed E-state index contributed by atoms with van der Waals surface area (Å²) in [6.45, 7) is 2.98. The maximum atomic E-state index is 13.2. The molecule has 0 spiro atoms. The van der Waals surface area contributed by atoms with Gasteiger partial charge in [0.05, 0.1) is 12.5 Å². The van der Waals surface area contributed by atoms with E-state index in [4.69, 9.17) is 5.73 Å². The van der Waals surface area contributed by atoms with E-state index in [-0.39, 0.29) is 5.56 Å². The number of halogens is 2. The second-order valence-electron chi connectivity index (χ2n) is 4.49. The Hall–Kier alpha value is -1.69. The van der Waals surface area contributed by atoms with Crippen LogP contribution in [0.3, 0.4) is 0 Å². The fourth-order valence-electron chi connectivity index (χ4n) is 1.58. The van der Waals surface area contributed by atoms with Gasteiger partial charge in [-0.1, -0.05) is 6.07 Å². The Balaban J connectivity index is 3.23. The van der Waals surface area contributed by atoms with E-state index in [1.54, 1.807) is 0 Å². The molecule has 0 aliphatic rings. The Morgan fingerprint density at radius 3 is 2.50 bits per heavy atom. The molecule has 0 saturated carbocycles. The standard InChI is InChI=1S/C12H15F2NO3/c1-12(2,11(17)18-3)10(15)6-4-5-7(13)8(14)9(6)16/h4-5,10,16H,15H2,1-3H3/t10-/m1/s1. The molecule has 0 fully saturated rings. The number of carbonyl (C=O) groups excluding carboxylic acids is 1. The van der Waals surface area contributed by atoms with Crippen LogP contribution in [0.4, 0.5) is 8.78 Å². The molecular formula is C12H15F2NO3. The number of benzene rings is 1. The van der Waals surface area contributed by atoms with Crippen LogP contribution in [0.1, 0.15) is 25.5 Å². The summed E-state index contributed by atoms with van der Waals surface area (Å²) >= 11 is 0. The predicted molar refractivity (Wildman–Crippen MR) is 60.7 cm³/mol. The Morgan fingerprint density at radius 1 is 1.44 bits per heavy atom. The molecule has 0 aliphatic carbocycles. The lowest BCUT2D eigenvalue weighted by Gasteiger charge is -2.29. The Morgan fingerprint density at radius 2 is 2.00 bits per heavy atom. The molecule has 0 bridgehead atoms. The summed E-state index contributed by atoms with van der Waals surface area (Å²) in [5.74, 6) is -4.07. The van der Waals surface area contributed by atoms with Gasteiger partial charge in [0.2, 0.25) is 5.82 Å². The highest BCUT2D eigenvalue weighted by molar-refractivity contribution is 5.77. The largest absolute Gasteiger partial charge is 0.505 e. The summed E-state index contributed by atoms with van der Waals surface area (Å²) in [6.07, 6.45) is 0. The highest BCUT2D eigenvalue weighted by Crippen LogP contribution is 2.38. The minimum Gasteiger partial charge on any atom is -0.505 e. The number of ether oxygens (including phenoxy) is 1. The number of esters is 1. The van der Waals surface area contributed by atoms with Crippen LogP contribution in [0.25, 0.3) is 0 Å². The minimum atomic E-state index is -1.39. The monoisotopic (exact) mass is 259 g/mol. The third-order valence-electron chi connectivity index (χ3n) is 2.92. The van der Waals surface area contributed by atoms with E-state index in [1.165, 1.54) is 21.0 Å².